The highest BCUT2D eigenvalue weighted by Gasteiger charge is 2.22. The number of rotatable bonds is 6. The molecule has 3 aromatic rings. The Balaban J connectivity index is 1.99. The number of carbonyl (C=O) groups is 2. The van der Waals surface area contributed by atoms with Crippen molar-refractivity contribution < 1.29 is 9.59 Å². The van der Waals surface area contributed by atoms with E-state index in [4.69, 9.17) is 11.6 Å². The molecule has 1 atom stereocenters. The molecule has 0 aliphatic rings. The predicted octanol–water partition coefficient (Wildman–Crippen LogP) is 5.46. The van der Waals surface area contributed by atoms with E-state index < -0.39 is 0 Å². The van der Waals surface area contributed by atoms with E-state index in [1.165, 1.54) is 0 Å². The number of benzene rings is 2. The summed E-state index contributed by atoms with van der Waals surface area (Å²) in [6.45, 7) is 3.87. The molecule has 0 aliphatic carbocycles. The van der Waals surface area contributed by atoms with Crippen molar-refractivity contribution in [3.63, 3.8) is 0 Å². The SMILES string of the molecule is Cc1cc(C(=O)C[C@@H](c2ccc(C(=O)N(C)C)cc2)c2ccc(Cl)cc2C)ccn1. The molecular formula is C25H25ClN2O2. The first-order valence-electron chi connectivity index (χ1n) is 9.79. The van der Waals surface area contributed by atoms with Gasteiger partial charge in [-0.05, 0) is 66.9 Å². The van der Waals surface area contributed by atoms with Gasteiger partial charge in [0.05, 0.1) is 0 Å². The Kier molecular flexibility index (Phi) is 6.68. The highest BCUT2D eigenvalue weighted by atomic mass is 35.5. The molecule has 0 bridgehead atoms. The second kappa shape index (κ2) is 9.23. The highest BCUT2D eigenvalue weighted by molar-refractivity contribution is 6.30. The third kappa shape index (κ3) is 4.95. The van der Waals surface area contributed by atoms with Crippen LogP contribution in [0.3, 0.4) is 0 Å². The minimum Gasteiger partial charge on any atom is -0.345 e. The highest BCUT2D eigenvalue weighted by Crippen LogP contribution is 2.33. The van der Waals surface area contributed by atoms with Crippen LogP contribution in [0.1, 0.15) is 55.4 Å². The van der Waals surface area contributed by atoms with Gasteiger partial charge in [0, 0.05) is 54.5 Å². The maximum Gasteiger partial charge on any atom is 0.253 e. The van der Waals surface area contributed by atoms with E-state index in [0.717, 1.165) is 22.4 Å². The van der Waals surface area contributed by atoms with Crippen LogP contribution in [-0.2, 0) is 0 Å². The van der Waals surface area contributed by atoms with Crippen molar-refractivity contribution in [2.24, 2.45) is 0 Å². The largest absolute Gasteiger partial charge is 0.345 e. The topological polar surface area (TPSA) is 50.3 Å². The molecule has 2 aromatic carbocycles. The number of pyridine rings is 1. The van der Waals surface area contributed by atoms with Crippen LogP contribution in [0.2, 0.25) is 5.02 Å². The number of aryl methyl sites for hydroxylation is 2. The average molecular weight is 421 g/mol. The Morgan fingerprint density at radius 1 is 0.967 bits per heavy atom. The smallest absolute Gasteiger partial charge is 0.253 e. The summed E-state index contributed by atoms with van der Waals surface area (Å²) in [5.41, 5.74) is 5.14. The number of halogens is 1. The third-order valence-corrected chi connectivity index (χ3v) is 5.42. The maximum absolute atomic E-state index is 13.1. The van der Waals surface area contributed by atoms with E-state index in [1.807, 2.05) is 62.4 Å². The minimum absolute atomic E-state index is 0.0493. The molecule has 1 heterocycles. The first-order chi connectivity index (χ1) is 14.3. The van der Waals surface area contributed by atoms with E-state index in [0.29, 0.717) is 22.6 Å². The second-order valence-electron chi connectivity index (χ2n) is 7.69. The van der Waals surface area contributed by atoms with Crippen LogP contribution in [0, 0.1) is 13.8 Å². The molecule has 1 aromatic heterocycles. The van der Waals surface area contributed by atoms with Crippen LogP contribution in [-0.4, -0.2) is 35.7 Å². The molecular weight excluding hydrogens is 396 g/mol. The van der Waals surface area contributed by atoms with Gasteiger partial charge in [-0.2, -0.15) is 0 Å². The number of hydrogen-bond acceptors (Lipinski definition) is 3. The summed E-state index contributed by atoms with van der Waals surface area (Å²) in [7, 11) is 3.46. The molecule has 0 unspecified atom stereocenters. The molecule has 0 spiro atoms. The Morgan fingerprint density at radius 2 is 1.67 bits per heavy atom. The monoisotopic (exact) mass is 420 g/mol. The van der Waals surface area contributed by atoms with Crippen LogP contribution >= 0.6 is 11.6 Å². The number of nitrogens with zero attached hydrogens (tertiary/aromatic N) is 2. The van der Waals surface area contributed by atoms with Crippen LogP contribution in [0.25, 0.3) is 0 Å². The van der Waals surface area contributed by atoms with Gasteiger partial charge >= 0.3 is 0 Å². The fraction of sp³-hybridized carbons (Fsp3) is 0.240. The van der Waals surface area contributed by atoms with Gasteiger partial charge in [0.2, 0.25) is 0 Å². The molecule has 154 valence electrons. The van der Waals surface area contributed by atoms with Gasteiger partial charge < -0.3 is 4.90 Å². The van der Waals surface area contributed by atoms with Gasteiger partial charge in [0.15, 0.2) is 5.78 Å². The van der Waals surface area contributed by atoms with Crippen LogP contribution in [0.4, 0.5) is 0 Å². The van der Waals surface area contributed by atoms with E-state index >= 15 is 0 Å². The normalized spacial score (nSPS) is 11.8. The summed E-state index contributed by atoms with van der Waals surface area (Å²) in [6.07, 6.45) is 1.97. The van der Waals surface area contributed by atoms with E-state index in [2.05, 4.69) is 4.98 Å². The second-order valence-corrected chi connectivity index (χ2v) is 8.12. The zero-order chi connectivity index (χ0) is 21.8. The number of carbonyl (C=O) groups excluding carboxylic acids is 2. The molecule has 0 saturated carbocycles. The lowest BCUT2D eigenvalue weighted by Crippen LogP contribution is -2.21. The fourth-order valence-electron chi connectivity index (χ4n) is 3.58. The lowest BCUT2D eigenvalue weighted by molar-refractivity contribution is 0.0827. The lowest BCUT2D eigenvalue weighted by Gasteiger charge is -2.21. The van der Waals surface area contributed by atoms with Crippen LogP contribution < -0.4 is 0 Å². The van der Waals surface area contributed by atoms with Crippen LogP contribution in [0.5, 0.6) is 0 Å². The summed E-state index contributed by atoms with van der Waals surface area (Å²) in [5, 5.41) is 0.665. The number of aromatic nitrogens is 1. The van der Waals surface area contributed by atoms with Crippen molar-refractivity contribution in [3.05, 3.63) is 99.3 Å². The van der Waals surface area contributed by atoms with Crippen molar-refractivity contribution in [1.29, 1.82) is 0 Å². The van der Waals surface area contributed by atoms with E-state index in [9.17, 15) is 9.59 Å². The molecule has 4 nitrogen and oxygen atoms in total. The molecule has 1 amide bonds. The molecule has 0 saturated heterocycles. The van der Waals surface area contributed by atoms with Gasteiger partial charge in [-0.3, -0.25) is 14.6 Å². The molecule has 0 aliphatic heterocycles. The first-order valence-corrected chi connectivity index (χ1v) is 10.2. The zero-order valence-electron chi connectivity index (χ0n) is 17.6. The maximum atomic E-state index is 13.1. The summed E-state index contributed by atoms with van der Waals surface area (Å²) < 4.78 is 0. The number of ketones is 1. The van der Waals surface area contributed by atoms with Gasteiger partial charge in [0.1, 0.15) is 0 Å². The van der Waals surface area contributed by atoms with Crippen molar-refractivity contribution in [3.8, 4) is 0 Å². The Labute approximate surface area is 182 Å². The van der Waals surface area contributed by atoms with Crippen molar-refractivity contribution in [2.45, 2.75) is 26.2 Å². The first kappa shape index (κ1) is 21.7. The molecule has 5 heteroatoms. The summed E-state index contributed by atoms with van der Waals surface area (Å²) in [6, 6.07) is 16.8. The number of hydrogen-bond donors (Lipinski definition) is 0. The molecule has 0 fully saturated rings. The summed E-state index contributed by atoms with van der Waals surface area (Å²) in [4.78, 5) is 31.0. The molecule has 0 N–H and O–H groups in total. The van der Waals surface area contributed by atoms with Crippen LogP contribution in [0.15, 0.2) is 60.8 Å². The molecule has 3 rings (SSSR count). The van der Waals surface area contributed by atoms with Gasteiger partial charge in [-0.1, -0.05) is 29.8 Å². The number of Topliss-reactive ketones (excluding diaryl/α,β-unsaturated/α-hetero) is 1. The van der Waals surface area contributed by atoms with Crippen molar-refractivity contribution in [2.75, 3.05) is 14.1 Å². The predicted molar refractivity (Wildman–Crippen MR) is 120 cm³/mol. The van der Waals surface area contributed by atoms with Crippen molar-refractivity contribution in [1.82, 2.24) is 9.88 Å². The van der Waals surface area contributed by atoms with E-state index in [-0.39, 0.29) is 17.6 Å². The lowest BCUT2D eigenvalue weighted by atomic mass is 9.83. The average Bonchev–Trinajstić information content (AvgIpc) is 2.72. The van der Waals surface area contributed by atoms with Gasteiger partial charge in [0.25, 0.3) is 5.91 Å². The van der Waals surface area contributed by atoms with Gasteiger partial charge in [-0.15, -0.1) is 0 Å². The fourth-order valence-corrected chi connectivity index (χ4v) is 3.80. The Morgan fingerprint density at radius 3 is 2.27 bits per heavy atom. The Hall–Kier alpha value is -2.98. The molecule has 0 radical (unpaired) electrons. The Bertz CT molecular complexity index is 1070. The number of amides is 1. The summed E-state index contributed by atoms with van der Waals surface area (Å²) in [5.74, 6) is -0.149. The van der Waals surface area contributed by atoms with Crippen molar-refractivity contribution >= 4 is 23.3 Å². The van der Waals surface area contributed by atoms with Gasteiger partial charge in [-0.25, -0.2) is 0 Å². The third-order valence-electron chi connectivity index (χ3n) is 5.18. The van der Waals surface area contributed by atoms with E-state index in [1.54, 1.807) is 31.3 Å². The summed E-state index contributed by atoms with van der Waals surface area (Å²) >= 11 is 6.16. The zero-order valence-corrected chi connectivity index (χ0v) is 18.4. The quantitative estimate of drug-likeness (QED) is 0.497. The minimum atomic E-state index is -0.147. The standard InChI is InChI=1S/C25H25ClN2O2/c1-16-13-21(26)9-10-22(16)23(15-24(29)20-11-12-27-17(2)14-20)18-5-7-19(8-6-18)25(30)28(3)4/h5-14,23H,15H2,1-4H3/t23-/m0/s1. The molecule has 30 heavy (non-hydrogen) atoms.